The second-order valence-electron chi connectivity index (χ2n) is 4.14. The van der Waals surface area contributed by atoms with Gasteiger partial charge in [-0.25, -0.2) is 0 Å². The smallest absolute Gasteiger partial charge is 0.326 e. The molecule has 0 aliphatic heterocycles. The molecule has 0 bridgehead atoms. The maximum atomic E-state index is 12.2. The van der Waals surface area contributed by atoms with E-state index in [1.54, 1.807) is 13.8 Å². The largest absolute Gasteiger partial charge is 0.394 e. The summed E-state index contributed by atoms with van der Waals surface area (Å²) in [7, 11) is 0. The van der Waals surface area contributed by atoms with Gasteiger partial charge in [-0.05, 0) is 27.7 Å². The number of carbonyl (C=O) groups is 1. The zero-order chi connectivity index (χ0) is 14.6. The lowest BCUT2D eigenvalue weighted by molar-refractivity contribution is -0.134. The molecule has 1 unspecified atom stereocenters. The third-order valence-electron chi connectivity index (χ3n) is 2.93. The maximum Gasteiger partial charge on any atom is 0.326 e. The van der Waals surface area contributed by atoms with E-state index in [4.69, 9.17) is 0 Å². The third kappa shape index (κ3) is 3.09. The molecule has 0 saturated carbocycles. The summed E-state index contributed by atoms with van der Waals surface area (Å²) in [5, 5.41) is 2.94. The van der Waals surface area contributed by atoms with Crippen molar-refractivity contribution < 1.29 is 8.98 Å². The number of aryl methyl sites for hydroxylation is 1. The molecule has 7 heteroatoms. The first-order chi connectivity index (χ1) is 8.97. The molecular formula is C12H19N3O3S. The van der Waals surface area contributed by atoms with Crippen molar-refractivity contribution in [1.29, 1.82) is 0 Å². The van der Waals surface area contributed by atoms with Crippen LogP contribution in [0.25, 0.3) is 0 Å². The van der Waals surface area contributed by atoms with Crippen molar-refractivity contribution in [3.05, 3.63) is 21.6 Å². The molecule has 1 rings (SSSR count). The number of thiol groups is 1. The number of nitrogens with one attached hydrogen (secondary N) is 1. The SMILES string of the molecule is CCN=C(C)c1c(C(C)C(=O)OS)[nH]n(CC)c1=O. The monoisotopic (exact) mass is 285 g/mol. The standard InChI is InChI=1S/C12H19N3O3S/c1-5-13-8(4)9-10(7(3)12(17)18-19)14-15(6-2)11(9)16/h7,14,19H,5-6H2,1-4H3. The average molecular weight is 285 g/mol. The van der Waals surface area contributed by atoms with Crippen LogP contribution in [0.3, 0.4) is 0 Å². The lowest BCUT2D eigenvalue weighted by Crippen LogP contribution is -2.21. The van der Waals surface area contributed by atoms with Gasteiger partial charge in [-0.1, -0.05) is 0 Å². The summed E-state index contributed by atoms with van der Waals surface area (Å²) in [4.78, 5) is 28.1. The molecule has 0 spiro atoms. The fraction of sp³-hybridized carbons (Fsp3) is 0.583. The van der Waals surface area contributed by atoms with Gasteiger partial charge < -0.3 is 4.18 Å². The summed E-state index contributed by atoms with van der Waals surface area (Å²) in [5.74, 6) is -1.12. The van der Waals surface area contributed by atoms with Crippen LogP contribution in [-0.4, -0.2) is 28.0 Å². The van der Waals surface area contributed by atoms with Crippen LogP contribution in [0.4, 0.5) is 0 Å². The van der Waals surface area contributed by atoms with Crippen molar-refractivity contribution in [3.63, 3.8) is 0 Å². The van der Waals surface area contributed by atoms with E-state index in [0.717, 1.165) is 0 Å². The number of carbonyl (C=O) groups excluding carboxylic acids is 1. The molecule has 0 aliphatic rings. The molecule has 106 valence electrons. The predicted molar refractivity (Wildman–Crippen MR) is 77.0 cm³/mol. The van der Waals surface area contributed by atoms with Crippen molar-refractivity contribution in [3.8, 4) is 0 Å². The Labute approximate surface area is 117 Å². The number of nitrogens with zero attached hydrogens (tertiary/aromatic N) is 2. The van der Waals surface area contributed by atoms with Gasteiger partial charge in [0.15, 0.2) is 0 Å². The molecule has 0 fully saturated rings. The van der Waals surface area contributed by atoms with Crippen molar-refractivity contribution in [2.24, 2.45) is 4.99 Å². The van der Waals surface area contributed by atoms with Crippen LogP contribution in [0.1, 0.15) is 44.9 Å². The van der Waals surface area contributed by atoms with Gasteiger partial charge in [0, 0.05) is 31.7 Å². The van der Waals surface area contributed by atoms with Crippen molar-refractivity contribution in [1.82, 2.24) is 9.78 Å². The molecule has 0 amide bonds. The number of aliphatic imine (C=N–C) groups is 1. The minimum absolute atomic E-state index is 0.175. The van der Waals surface area contributed by atoms with Crippen LogP contribution in [0.5, 0.6) is 0 Å². The number of aromatic amines is 1. The van der Waals surface area contributed by atoms with Gasteiger partial charge in [0.2, 0.25) is 0 Å². The number of hydrogen-bond donors (Lipinski definition) is 2. The number of H-pyrrole nitrogens is 1. The zero-order valence-electron chi connectivity index (χ0n) is 11.6. The minimum atomic E-state index is -0.602. The molecule has 0 aromatic carbocycles. The third-order valence-corrected chi connectivity index (χ3v) is 3.11. The van der Waals surface area contributed by atoms with Crippen LogP contribution in [0.15, 0.2) is 9.79 Å². The second-order valence-corrected chi connectivity index (χ2v) is 4.32. The molecule has 0 aliphatic carbocycles. The highest BCUT2D eigenvalue weighted by Gasteiger charge is 2.26. The first kappa shape index (κ1) is 15.6. The Hall–Kier alpha value is -1.50. The lowest BCUT2D eigenvalue weighted by Gasteiger charge is -2.08. The Morgan fingerprint density at radius 1 is 1.53 bits per heavy atom. The van der Waals surface area contributed by atoms with E-state index in [1.807, 2.05) is 13.8 Å². The van der Waals surface area contributed by atoms with E-state index >= 15 is 0 Å². The lowest BCUT2D eigenvalue weighted by atomic mass is 10.0. The predicted octanol–water partition coefficient (Wildman–Crippen LogP) is 1.52. The topological polar surface area (TPSA) is 76.4 Å². The average Bonchev–Trinajstić information content (AvgIpc) is 2.74. The molecule has 1 atom stereocenters. The summed E-state index contributed by atoms with van der Waals surface area (Å²) < 4.78 is 5.87. The normalized spacial score (nSPS) is 13.4. The number of rotatable bonds is 5. The fourth-order valence-electron chi connectivity index (χ4n) is 1.90. The van der Waals surface area contributed by atoms with E-state index in [-0.39, 0.29) is 5.56 Å². The Kier molecular flexibility index (Phi) is 5.41. The highest BCUT2D eigenvalue weighted by molar-refractivity contribution is 7.75. The molecule has 1 aromatic heterocycles. The summed E-state index contributed by atoms with van der Waals surface area (Å²) in [5.41, 5.74) is 1.39. The quantitative estimate of drug-likeness (QED) is 0.489. The molecular weight excluding hydrogens is 266 g/mol. The Morgan fingerprint density at radius 2 is 2.16 bits per heavy atom. The van der Waals surface area contributed by atoms with Gasteiger partial charge in [-0.15, -0.1) is 0 Å². The van der Waals surface area contributed by atoms with Crippen LogP contribution in [0, 0.1) is 0 Å². The molecule has 19 heavy (non-hydrogen) atoms. The Morgan fingerprint density at radius 3 is 2.63 bits per heavy atom. The number of aromatic nitrogens is 2. The van der Waals surface area contributed by atoms with Gasteiger partial charge in [-0.2, -0.15) is 0 Å². The van der Waals surface area contributed by atoms with Crippen LogP contribution < -0.4 is 5.56 Å². The summed E-state index contributed by atoms with van der Waals surface area (Å²) in [6.07, 6.45) is 0. The first-order valence-corrected chi connectivity index (χ1v) is 6.53. The van der Waals surface area contributed by atoms with Gasteiger partial charge in [-0.3, -0.25) is 24.4 Å². The Balaban J connectivity index is 3.43. The Bertz CT molecular complexity index is 545. The molecule has 0 saturated heterocycles. The van der Waals surface area contributed by atoms with Gasteiger partial charge in [0.25, 0.3) is 5.56 Å². The highest BCUT2D eigenvalue weighted by atomic mass is 32.1. The zero-order valence-corrected chi connectivity index (χ0v) is 12.5. The molecule has 1 aromatic rings. The van der Waals surface area contributed by atoms with Crippen LogP contribution >= 0.6 is 12.9 Å². The maximum absolute atomic E-state index is 12.2. The van der Waals surface area contributed by atoms with Crippen molar-refractivity contribution in [2.75, 3.05) is 6.54 Å². The van der Waals surface area contributed by atoms with Gasteiger partial charge in [0.1, 0.15) is 0 Å². The molecule has 1 heterocycles. The van der Waals surface area contributed by atoms with E-state index in [0.29, 0.717) is 30.1 Å². The summed E-state index contributed by atoms with van der Waals surface area (Å²) in [6.45, 7) is 8.23. The van der Waals surface area contributed by atoms with Gasteiger partial charge >= 0.3 is 5.97 Å². The summed E-state index contributed by atoms with van der Waals surface area (Å²) >= 11 is 3.51. The van der Waals surface area contributed by atoms with E-state index in [2.05, 4.69) is 27.2 Å². The molecule has 0 radical (unpaired) electrons. The fourth-order valence-corrected chi connectivity index (χ4v) is 2.06. The van der Waals surface area contributed by atoms with Crippen LogP contribution in [-0.2, 0) is 15.5 Å². The van der Waals surface area contributed by atoms with E-state index in [9.17, 15) is 9.59 Å². The van der Waals surface area contributed by atoms with Crippen molar-refractivity contribution in [2.45, 2.75) is 40.2 Å². The minimum Gasteiger partial charge on any atom is -0.394 e. The van der Waals surface area contributed by atoms with E-state index in [1.165, 1.54) is 4.68 Å². The summed E-state index contributed by atoms with van der Waals surface area (Å²) in [6, 6.07) is 0. The second kappa shape index (κ2) is 6.60. The van der Waals surface area contributed by atoms with Gasteiger partial charge in [0.05, 0.1) is 17.2 Å². The molecule has 1 N–H and O–H groups in total. The first-order valence-electron chi connectivity index (χ1n) is 6.17. The van der Waals surface area contributed by atoms with Crippen molar-refractivity contribution >= 4 is 24.6 Å². The number of hydrogen-bond acceptors (Lipinski definition) is 5. The molecule has 6 nitrogen and oxygen atoms in total. The highest BCUT2D eigenvalue weighted by Crippen LogP contribution is 2.18. The van der Waals surface area contributed by atoms with Crippen LogP contribution in [0.2, 0.25) is 0 Å². The van der Waals surface area contributed by atoms with E-state index < -0.39 is 11.9 Å².